The van der Waals surface area contributed by atoms with Crippen molar-refractivity contribution < 1.29 is 4.52 Å². The standard InChI is InChI=1S/C13H14N4/c1-9(2)7-12-15-16-13-11-6-4-3-5-10(11)8-14-17(12)13/h3-6,8-9H,7H2,1-2H3/p+1. The maximum absolute atomic E-state index is 4.45. The number of rotatable bonds is 2. The zero-order valence-corrected chi connectivity index (χ0v) is 10.0. The van der Waals surface area contributed by atoms with E-state index in [-0.39, 0.29) is 0 Å². The third-order valence-electron chi connectivity index (χ3n) is 2.86. The molecule has 1 N–H and O–H groups in total. The van der Waals surface area contributed by atoms with Gasteiger partial charge in [-0.3, -0.25) is 0 Å². The number of nitrogens with one attached hydrogen (secondary N) is 1. The molecule has 0 spiro atoms. The van der Waals surface area contributed by atoms with Crippen LogP contribution < -0.4 is 4.52 Å². The topological polar surface area (TPSA) is 45.7 Å². The highest BCUT2D eigenvalue weighted by atomic mass is 15.4. The van der Waals surface area contributed by atoms with E-state index in [1.54, 1.807) is 0 Å². The van der Waals surface area contributed by atoms with Gasteiger partial charge in [0.1, 0.15) is 0 Å². The van der Waals surface area contributed by atoms with Gasteiger partial charge in [-0.05, 0) is 12.0 Å². The molecule has 0 saturated carbocycles. The Kier molecular flexibility index (Phi) is 2.28. The number of hydrogen-bond donors (Lipinski definition) is 1. The van der Waals surface area contributed by atoms with Crippen LogP contribution in [0.4, 0.5) is 0 Å². The van der Waals surface area contributed by atoms with Gasteiger partial charge < -0.3 is 0 Å². The summed E-state index contributed by atoms with van der Waals surface area (Å²) >= 11 is 0. The summed E-state index contributed by atoms with van der Waals surface area (Å²) in [5, 5.41) is 14.2. The second-order valence-corrected chi connectivity index (χ2v) is 4.74. The van der Waals surface area contributed by atoms with E-state index in [4.69, 9.17) is 0 Å². The molecule has 0 radical (unpaired) electrons. The molecular weight excluding hydrogens is 212 g/mol. The van der Waals surface area contributed by atoms with E-state index >= 15 is 0 Å². The average Bonchev–Trinajstić information content (AvgIpc) is 2.72. The van der Waals surface area contributed by atoms with E-state index in [0.29, 0.717) is 5.92 Å². The Morgan fingerprint density at radius 2 is 2.12 bits per heavy atom. The van der Waals surface area contributed by atoms with E-state index < -0.39 is 0 Å². The van der Waals surface area contributed by atoms with Crippen LogP contribution in [0.5, 0.6) is 0 Å². The van der Waals surface area contributed by atoms with Gasteiger partial charge in [-0.2, -0.15) is 0 Å². The van der Waals surface area contributed by atoms with E-state index in [9.17, 15) is 0 Å². The van der Waals surface area contributed by atoms with Crippen LogP contribution in [0.25, 0.3) is 16.4 Å². The number of nitrogens with zero attached hydrogens (tertiary/aromatic N) is 3. The van der Waals surface area contributed by atoms with Gasteiger partial charge in [0.05, 0.1) is 11.6 Å². The molecule has 0 fully saturated rings. The first-order valence-electron chi connectivity index (χ1n) is 5.89. The number of H-pyrrole nitrogens is 1. The molecule has 3 rings (SSSR count). The van der Waals surface area contributed by atoms with Crippen molar-refractivity contribution in [3.63, 3.8) is 0 Å². The van der Waals surface area contributed by atoms with Crippen molar-refractivity contribution in [2.75, 3.05) is 0 Å². The van der Waals surface area contributed by atoms with Gasteiger partial charge in [0.15, 0.2) is 0 Å². The lowest BCUT2D eigenvalue weighted by Gasteiger charge is -1.98. The quantitative estimate of drug-likeness (QED) is 0.680. The molecule has 0 saturated heterocycles. The second-order valence-electron chi connectivity index (χ2n) is 4.74. The Labute approximate surface area is 99.3 Å². The number of fused-ring (bicyclic) bond motifs is 3. The summed E-state index contributed by atoms with van der Waals surface area (Å²) < 4.78 is 1.91. The van der Waals surface area contributed by atoms with E-state index in [2.05, 4.69) is 41.3 Å². The smallest absolute Gasteiger partial charge is 0.123 e. The Hall–Kier alpha value is -1.97. The predicted octanol–water partition coefficient (Wildman–Crippen LogP) is 1.90. The van der Waals surface area contributed by atoms with Gasteiger partial charge in [-0.25, -0.2) is 0 Å². The van der Waals surface area contributed by atoms with Crippen molar-refractivity contribution >= 4 is 16.4 Å². The lowest BCUT2D eigenvalue weighted by Crippen LogP contribution is -2.30. The fraction of sp³-hybridized carbons (Fsp3) is 0.308. The van der Waals surface area contributed by atoms with Crippen molar-refractivity contribution in [2.45, 2.75) is 20.3 Å². The van der Waals surface area contributed by atoms with Crippen LogP contribution in [0.1, 0.15) is 19.7 Å². The normalized spacial score (nSPS) is 11.7. The van der Waals surface area contributed by atoms with Crippen LogP contribution in [0.2, 0.25) is 0 Å². The predicted molar refractivity (Wildman–Crippen MR) is 65.6 cm³/mol. The maximum atomic E-state index is 4.45. The summed E-state index contributed by atoms with van der Waals surface area (Å²) in [6.45, 7) is 4.38. The molecule has 4 nitrogen and oxygen atoms in total. The van der Waals surface area contributed by atoms with Crippen molar-refractivity contribution in [3.05, 3.63) is 36.3 Å². The minimum absolute atomic E-state index is 0.583. The average molecular weight is 227 g/mol. The summed E-state index contributed by atoms with van der Waals surface area (Å²) in [4.78, 5) is 0. The highest BCUT2D eigenvalue weighted by Crippen LogP contribution is 2.14. The minimum atomic E-state index is 0.583. The highest BCUT2D eigenvalue weighted by molar-refractivity contribution is 5.90. The molecule has 0 unspecified atom stereocenters. The van der Waals surface area contributed by atoms with Crippen molar-refractivity contribution in [1.29, 1.82) is 0 Å². The van der Waals surface area contributed by atoms with Gasteiger partial charge >= 0.3 is 5.65 Å². The molecule has 1 aromatic carbocycles. The fourth-order valence-corrected chi connectivity index (χ4v) is 2.09. The van der Waals surface area contributed by atoms with Gasteiger partial charge in [-0.15, -0.1) is 14.7 Å². The van der Waals surface area contributed by atoms with Crippen molar-refractivity contribution in [3.8, 4) is 0 Å². The first-order chi connectivity index (χ1) is 8.25. The lowest BCUT2D eigenvalue weighted by atomic mass is 10.1. The lowest BCUT2D eigenvalue weighted by molar-refractivity contribution is -0.588. The Bertz CT molecular complexity index is 669. The van der Waals surface area contributed by atoms with E-state index in [1.165, 1.54) is 0 Å². The molecular formula is C13H15N4+. The SMILES string of the molecule is CC(C)Cc1[nH]nc2c3ccccc3cn[n+]12. The Morgan fingerprint density at radius 3 is 2.94 bits per heavy atom. The summed E-state index contributed by atoms with van der Waals surface area (Å²) in [5.41, 5.74) is 0.902. The third-order valence-corrected chi connectivity index (χ3v) is 2.86. The monoisotopic (exact) mass is 227 g/mol. The van der Waals surface area contributed by atoms with Gasteiger partial charge in [-0.1, -0.05) is 32.0 Å². The largest absolute Gasteiger partial charge is 0.333 e. The first kappa shape index (κ1) is 10.2. The van der Waals surface area contributed by atoms with Gasteiger partial charge in [0.2, 0.25) is 0 Å². The molecule has 4 heteroatoms. The summed E-state index contributed by atoms with van der Waals surface area (Å²) in [6, 6.07) is 8.17. The number of benzene rings is 1. The van der Waals surface area contributed by atoms with E-state index in [0.717, 1.165) is 28.7 Å². The third kappa shape index (κ3) is 1.65. The molecule has 0 atom stereocenters. The molecule has 0 aliphatic heterocycles. The molecule has 0 bridgehead atoms. The summed E-state index contributed by atoms with van der Waals surface area (Å²) in [7, 11) is 0. The number of hydrogen-bond acceptors (Lipinski definition) is 2. The molecule has 0 amide bonds. The first-order valence-corrected chi connectivity index (χ1v) is 5.89. The van der Waals surface area contributed by atoms with Crippen LogP contribution in [0.15, 0.2) is 30.5 Å². The molecule has 0 aliphatic carbocycles. The molecule has 86 valence electrons. The number of aromatic nitrogens is 4. The van der Waals surface area contributed by atoms with Crippen LogP contribution in [0.3, 0.4) is 0 Å². The fourth-order valence-electron chi connectivity index (χ4n) is 2.09. The molecule has 0 aliphatic rings. The summed E-state index contributed by atoms with van der Waals surface area (Å²) in [5.74, 6) is 1.64. The zero-order valence-electron chi connectivity index (χ0n) is 10.0. The molecule has 3 aromatic rings. The molecule has 2 aromatic heterocycles. The van der Waals surface area contributed by atoms with Crippen molar-refractivity contribution in [1.82, 2.24) is 15.3 Å². The minimum Gasteiger partial charge on any atom is -0.123 e. The Balaban J connectivity index is 2.27. The molecule has 17 heavy (non-hydrogen) atoms. The summed E-state index contributed by atoms with van der Waals surface area (Å²) in [6.07, 6.45) is 2.84. The van der Waals surface area contributed by atoms with Crippen molar-refractivity contribution in [2.24, 2.45) is 5.92 Å². The zero-order chi connectivity index (χ0) is 11.8. The maximum Gasteiger partial charge on any atom is 0.333 e. The van der Waals surface area contributed by atoms with E-state index in [1.807, 2.05) is 22.8 Å². The van der Waals surface area contributed by atoms with Crippen LogP contribution in [-0.2, 0) is 6.42 Å². The van der Waals surface area contributed by atoms with Gasteiger partial charge in [0, 0.05) is 16.9 Å². The highest BCUT2D eigenvalue weighted by Gasteiger charge is 2.17. The second kappa shape index (κ2) is 3.80. The van der Waals surface area contributed by atoms with Crippen LogP contribution >= 0.6 is 0 Å². The van der Waals surface area contributed by atoms with Crippen LogP contribution in [-0.4, -0.2) is 15.3 Å². The number of aromatic amines is 1. The van der Waals surface area contributed by atoms with Crippen LogP contribution in [0, 0.1) is 5.92 Å². The molecule has 2 heterocycles. The Morgan fingerprint density at radius 1 is 1.29 bits per heavy atom. The van der Waals surface area contributed by atoms with Gasteiger partial charge in [0.25, 0.3) is 5.82 Å².